The third-order valence-electron chi connectivity index (χ3n) is 4.60. The Kier molecular flexibility index (Phi) is 6.97. The first-order valence-electron chi connectivity index (χ1n) is 8.80. The van der Waals surface area contributed by atoms with E-state index in [4.69, 9.17) is 5.11 Å². The Morgan fingerprint density at radius 2 is 1.30 bits per heavy atom. The number of benzene rings is 2. The van der Waals surface area contributed by atoms with Crippen LogP contribution in [0.3, 0.4) is 0 Å². The molecule has 0 heterocycles. The van der Waals surface area contributed by atoms with Crippen LogP contribution in [-0.4, -0.2) is 11.1 Å². The van der Waals surface area contributed by atoms with E-state index in [1.165, 1.54) is 30.3 Å². The van der Waals surface area contributed by atoms with Crippen molar-refractivity contribution in [3.63, 3.8) is 0 Å². The van der Waals surface area contributed by atoms with Gasteiger partial charge < -0.3 is 10.4 Å². The van der Waals surface area contributed by atoms with Crippen LogP contribution in [-0.2, 0) is 29.2 Å². The number of alkyl halides is 6. The zero-order valence-corrected chi connectivity index (χ0v) is 15.8. The second-order valence-corrected chi connectivity index (χ2v) is 6.90. The number of carboxylic acids is 1. The molecule has 0 fully saturated rings. The molecule has 162 valence electrons. The fourth-order valence-electron chi connectivity index (χ4n) is 2.82. The van der Waals surface area contributed by atoms with Crippen molar-refractivity contribution >= 4 is 5.97 Å². The van der Waals surface area contributed by atoms with Crippen molar-refractivity contribution in [3.8, 4) is 0 Å². The topological polar surface area (TPSA) is 49.3 Å². The summed E-state index contributed by atoms with van der Waals surface area (Å²) in [7, 11) is 0. The minimum Gasteiger partial charge on any atom is -0.478 e. The minimum atomic E-state index is -4.49. The highest BCUT2D eigenvalue weighted by Gasteiger charge is 2.32. The van der Waals surface area contributed by atoms with E-state index in [-0.39, 0.29) is 13.0 Å². The Labute approximate surface area is 169 Å². The van der Waals surface area contributed by atoms with Gasteiger partial charge in [-0.3, -0.25) is 0 Å². The van der Waals surface area contributed by atoms with Gasteiger partial charge in [-0.15, -0.1) is 0 Å². The van der Waals surface area contributed by atoms with Crippen molar-refractivity contribution in [1.82, 2.24) is 5.32 Å². The van der Waals surface area contributed by atoms with Crippen LogP contribution >= 0.6 is 0 Å². The highest BCUT2D eigenvalue weighted by atomic mass is 19.4. The predicted molar refractivity (Wildman–Crippen MR) is 98.5 cm³/mol. The number of halogens is 6. The maximum absolute atomic E-state index is 12.8. The molecule has 0 bridgehead atoms. The standard InChI is InChI=1S/C21H19F6NO2/c1-19(12-2-3-18(29)30,15-8-10-17(11-9-15)21(25,26)27)28-13-14-4-6-16(7-5-14)20(22,23)24/h2-11,28H,12-13H2,1H3,(H,29,30)/b3-2+. The van der Waals surface area contributed by atoms with Crippen molar-refractivity contribution in [3.05, 3.63) is 82.9 Å². The third-order valence-corrected chi connectivity index (χ3v) is 4.60. The molecule has 1 unspecified atom stereocenters. The average Bonchev–Trinajstić information content (AvgIpc) is 2.65. The summed E-state index contributed by atoms with van der Waals surface area (Å²) in [5.74, 6) is -1.17. The molecule has 0 aliphatic rings. The van der Waals surface area contributed by atoms with Crippen LogP contribution in [0.15, 0.2) is 60.7 Å². The fourth-order valence-corrected chi connectivity index (χ4v) is 2.82. The van der Waals surface area contributed by atoms with Crippen LogP contribution in [0, 0.1) is 0 Å². The average molecular weight is 431 g/mol. The maximum atomic E-state index is 12.8. The lowest BCUT2D eigenvalue weighted by atomic mass is 9.87. The van der Waals surface area contributed by atoms with E-state index in [1.54, 1.807) is 6.92 Å². The maximum Gasteiger partial charge on any atom is 0.416 e. The summed E-state index contributed by atoms with van der Waals surface area (Å²) >= 11 is 0. The van der Waals surface area contributed by atoms with Gasteiger partial charge in [-0.1, -0.05) is 30.3 Å². The minimum absolute atomic E-state index is 0.122. The van der Waals surface area contributed by atoms with Crippen LogP contribution in [0.2, 0.25) is 0 Å². The number of rotatable bonds is 7. The molecule has 0 aliphatic heterocycles. The SMILES string of the molecule is CC(C/C=C/C(=O)O)(NCc1ccc(C(F)(F)F)cc1)c1ccc(C(F)(F)F)cc1. The lowest BCUT2D eigenvalue weighted by molar-refractivity contribution is -0.138. The summed E-state index contributed by atoms with van der Waals surface area (Å²) in [4.78, 5) is 10.7. The molecular formula is C21H19F6NO2. The second kappa shape index (κ2) is 8.91. The normalized spacial score (nSPS) is 14.6. The fraction of sp³-hybridized carbons (Fsp3) is 0.286. The van der Waals surface area contributed by atoms with Crippen LogP contribution < -0.4 is 5.32 Å². The summed E-state index contributed by atoms with van der Waals surface area (Å²) in [6, 6.07) is 8.91. The van der Waals surface area contributed by atoms with Gasteiger partial charge in [-0.2, -0.15) is 26.3 Å². The summed E-state index contributed by atoms with van der Waals surface area (Å²) in [6.07, 6.45) is -6.54. The van der Waals surface area contributed by atoms with Crippen molar-refractivity contribution in [2.24, 2.45) is 0 Å². The van der Waals surface area contributed by atoms with E-state index in [0.717, 1.165) is 30.3 Å². The molecule has 9 heteroatoms. The van der Waals surface area contributed by atoms with Gasteiger partial charge in [0.25, 0.3) is 0 Å². The van der Waals surface area contributed by atoms with Crippen LogP contribution in [0.25, 0.3) is 0 Å². The lowest BCUT2D eigenvalue weighted by Crippen LogP contribution is -2.38. The first kappa shape index (κ1) is 23.5. The molecular weight excluding hydrogens is 412 g/mol. The second-order valence-electron chi connectivity index (χ2n) is 6.90. The molecule has 2 aromatic rings. The van der Waals surface area contributed by atoms with E-state index in [0.29, 0.717) is 11.1 Å². The predicted octanol–water partition coefficient (Wildman–Crippen LogP) is 5.76. The molecule has 0 aliphatic carbocycles. The molecule has 0 radical (unpaired) electrons. The highest BCUT2D eigenvalue weighted by molar-refractivity contribution is 5.79. The largest absolute Gasteiger partial charge is 0.478 e. The highest BCUT2D eigenvalue weighted by Crippen LogP contribution is 2.33. The molecule has 0 aromatic heterocycles. The Morgan fingerprint density at radius 3 is 1.73 bits per heavy atom. The first-order valence-corrected chi connectivity index (χ1v) is 8.80. The Morgan fingerprint density at radius 1 is 0.867 bits per heavy atom. The van der Waals surface area contributed by atoms with Crippen LogP contribution in [0.5, 0.6) is 0 Å². The lowest BCUT2D eigenvalue weighted by Gasteiger charge is -2.31. The molecule has 0 spiro atoms. The summed E-state index contributed by atoms with van der Waals surface area (Å²) in [5, 5.41) is 11.9. The first-order chi connectivity index (χ1) is 13.8. The van der Waals surface area contributed by atoms with Crippen molar-refractivity contribution in [2.75, 3.05) is 0 Å². The van der Waals surface area contributed by atoms with Gasteiger partial charge in [0.2, 0.25) is 0 Å². The summed E-state index contributed by atoms with van der Waals surface area (Å²) < 4.78 is 76.5. The van der Waals surface area contributed by atoms with Crippen LogP contribution in [0.1, 0.15) is 35.6 Å². The summed E-state index contributed by atoms with van der Waals surface area (Å²) in [6.45, 7) is 1.79. The quantitative estimate of drug-likeness (QED) is 0.433. The van der Waals surface area contributed by atoms with Gasteiger partial charge in [0.05, 0.1) is 11.1 Å². The Bertz CT molecular complexity index is 886. The smallest absolute Gasteiger partial charge is 0.416 e. The molecule has 1 atom stereocenters. The molecule has 2 N–H and O–H groups in total. The monoisotopic (exact) mass is 431 g/mol. The molecule has 0 saturated carbocycles. The number of hydrogen-bond donors (Lipinski definition) is 2. The van der Waals surface area contributed by atoms with E-state index in [1.807, 2.05) is 0 Å². The van der Waals surface area contributed by atoms with E-state index in [2.05, 4.69) is 5.32 Å². The van der Waals surface area contributed by atoms with E-state index < -0.39 is 35.0 Å². The number of aliphatic carboxylic acids is 1. The van der Waals surface area contributed by atoms with Crippen molar-refractivity contribution < 1.29 is 36.2 Å². The van der Waals surface area contributed by atoms with Gasteiger partial charge in [0, 0.05) is 18.2 Å². The number of nitrogens with one attached hydrogen (secondary N) is 1. The molecule has 3 nitrogen and oxygen atoms in total. The third kappa shape index (κ3) is 6.35. The van der Waals surface area contributed by atoms with Gasteiger partial charge in [-0.25, -0.2) is 4.79 Å². The van der Waals surface area contributed by atoms with E-state index in [9.17, 15) is 31.1 Å². The molecule has 30 heavy (non-hydrogen) atoms. The zero-order valence-electron chi connectivity index (χ0n) is 15.8. The summed E-state index contributed by atoms with van der Waals surface area (Å²) in [5.41, 5.74) is -1.57. The molecule has 0 amide bonds. The Hall–Kier alpha value is -2.81. The Balaban J connectivity index is 2.24. The van der Waals surface area contributed by atoms with Crippen molar-refractivity contribution in [2.45, 2.75) is 37.8 Å². The van der Waals surface area contributed by atoms with Crippen LogP contribution in [0.4, 0.5) is 26.3 Å². The van der Waals surface area contributed by atoms with Gasteiger partial charge in [0.15, 0.2) is 0 Å². The van der Waals surface area contributed by atoms with Gasteiger partial charge >= 0.3 is 18.3 Å². The molecule has 0 saturated heterocycles. The van der Waals surface area contributed by atoms with Crippen molar-refractivity contribution in [1.29, 1.82) is 0 Å². The molecule has 2 aromatic carbocycles. The zero-order chi connectivity index (χ0) is 22.6. The van der Waals surface area contributed by atoms with Gasteiger partial charge in [0.1, 0.15) is 0 Å². The number of carbonyl (C=O) groups is 1. The molecule has 2 rings (SSSR count). The number of carboxylic acid groups (broad SMARTS) is 1. The number of hydrogen-bond acceptors (Lipinski definition) is 2. The van der Waals surface area contributed by atoms with E-state index >= 15 is 0 Å². The van der Waals surface area contributed by atoms with Gasteiger partial charge in [-0.05, 0) is 48.7 Å².